The monoisotopic (exact) mass is 1590 g/mol. The summed E-state index contributed by atoms with van der Waals surface area (Å²) in [5.41, 5.74) is 13.0. The summed E-state index contributed by atoms with van der Waals surface area (Å²) in [6.07, 6.45) is 11.5. The van der Waals surface area contributed by atoms with Gasteiger partial charge in [0.15, 0.2) is 17.5 Å². The molecule has 0 aliphatic rings. The van der Waals surface area contributed by atoms with Crippen molar-refractivity contribution in [3.05, 3.63) is 295 Å². The fourth-order valence-corrected chi connectivity index (χ4v) is 16.7. The summed E-state index contributed by atoms with van der Waals surface area (Å²) in [6, 6.07) is 59.5. The van der Waals surface area contributed by atoms with Crippen LogP contribution in [-0.4, -0.2) is 104 Å². The summed E-state index contributed by atoms with van der Waals surface area (Å²) in [5, 5.41) is 41.3. The van der Waals surface area contributed by atoms with Crippen molar-refractivity contribution in [2.45, 2.75) is 48.5 Å². The minimum absolute atomic E-state index is 0.188. The zero-order chi connectivity index (χ0) is 77.5. The smallest absolute Gasteiger partial charge is 0.300 e. The standard InChI is InChI=1S/3C27H21N5O2S2.C2H4O2/c3*1-3-34-21-12-11-18(14-17(21)2)24-19(16-31(29-24)20-8-5-4-6-9-20)15-23-26(33)32-27(36-23)28-25(30-32)22-10-7-13-35-22;1-2(3)4/h3*4-16H,3H2,1-2H3;1H3,(H,3,4)/b3*23-15-;. The summed E-state index contributed by atoms with van der Waals surface area (Å²) in [7, 11) is 0. The van der Waals surface area contributed by atoms with Crippen LogP contribution in [0, 0.1) is 20.8 Å². The third-order valence-electron chi connectivity index (χ3n) is 17.2. The maximum absolute atomic E-state index is 13.2. The van der Waals surface area contributed by atoms with Gasteiger partial charge in [0.05, 0.1) is 65.1 Å². The van der Waals surface area contributed by atoms with Gasteiger partial charge in [0.25, 0.3) is 22.6 Å². The Balaban J connectivity index is 0.000000130. The van der Waals surface area contributed by atoms with Crippen LogP contribution in [0.1, 0.15) is 61.1 Å². The Morgan fingerprint density at radius 1 is 0.393 bits per heavy atom. The lowest BCUT2D eigenvalue weighted by Gasteiger charge is -2.08. The van der Waals surface area contributed by atoms with E-state index < -0.39 is 5.97 Å². The van der Waals surface area contributed by atoms with Crippen LogP contribution in [0.3, 0.4) is 0 Å². The van der Waals surface area contributed by atoms with Crippen molar-refractivity contribution >= 4 is 107 Å². The van der Waals surface area contributed by atoms with Crippen LogP contribution >= 0.6 is 68.0 Å². The van der Waals surface area contributed by atoms with E-state index in [1.165, 1.54) is 47.6 Å². The normalized spacial score (nSPS) is 11.8. The lowest BCUT2D eigenvalue weighted by atomic mass is 10.0. The van der Waals surface area contributed by atoms with Gasteiger partial charge in [-0.3, -0.25) is 19.2 Å². The van der Waals surface area contributed by atoms with Gasteiger partial charge in [-0.15, -0.1) is 49.3 Å². The molecular weight excluding hydrogens is 1530 g/mol. The Bertz CT molecular complexity index is 6100. The number of fused-ring (bicyclic) bond motifs is 3. The van der Waals surface area contributed by atoms with E-state index in [9.17, 15) is 14.4 Å². The second-order valence-corrected chi connectivity index (χ2v) is 30.8. The van der Waals surface area contributed by atoms with Gasteiger partial charge in [-0.25, -0.2) is 14.0 Å². The Hall–Kier alpha value is -12.8. The molecule has 0 aliphatic carbocycles. The lowest BCUT2D eigenvalue weighted by Crippen LogP contribution is -2.23. The van der Waals surface area contributed by atoms with E-state index >= 15 is 0 Å². The number of hydrogen-bond acceptors (Lipinski definition) is 22. The largest absolute Gasteiger partial charge is 0.494 e. The van der Waals surface area contributed by atoms with Gasteiger partial charge >= 0.3 is 0 Å². The molecule has 0 radical (unpaired) electrons. The summed E-state index contributed by atoms with van der Waals surface area (Å²) in [6.45, 7) is 14.9. The summed E-state index contributed by atoms with van der Waals surface area (Å²) < 4.78 is 28.5. The first-order chi connectivity index (χ1) is 54.5. The Morgan fingerprint density at radius 3 is 0.902 bits per heavy atom. The molecule has 0 saturated carbocycles. The van der Waals surface area contributed by atoms with Crippen LogP contribution in [-0.2, 0) is 4.79 Å². The number of thiophene rings is 3. The molecule has 0 unspecified atom stereocenters. The number of carboxylic acid groups (broad SMARTS) is 1. The highest BCUT2D eigenvalue weighted by molar-refractivity contribution is 7.16. The number of aromatic nitrogens is 15. The van der Waals surface area contributed by atoms with E-state index in [0.717, 1.165) is 123 Å². The van der Waals surface area contributed by atoms with E-state index in [1.54, 1.807) is 34.0 Å². The number of ether oxygens (including phenoxy) is 3. The summed E-state index contributed by atoms with van der Waals surface area (Å²) in [4.78, 5) is 66.9. The second kappa shape index (κ2) is 33.2. The fraction of sp³-hybridized carbons (Fsp3) is 0.120. The first-order valence-electron chi connectivity index (χ1n) is 35.3. The van der Waals surface area contributed by atoms with E-state index in [1.807, 2.05) is 272 Å². The Labute approximate surface area is 662 Å². The van der Waals surface area contributed by atoms with Crippen molar-refractivity contribution in [1.82, 2.24) is 73.1 Å². The highest BCUT2D eigenvalue weighted by Crippen LogP contribution is 2.34. The van der Waals surface area contributed by atoms with Gasteiger partial charge < -0.3 is 19.3 Å². The lowest BCUT2D eigenvalue weighted by molar-refractivity contribution is -0.134. The van der Waals surface area contributed by atoms with Gasteiger partial charge in [0.1, 0.15) is 34.3 Å². The SMILES string of the molecule is CC(=O)O.CCOc1ccc(-c2nn(-c3ccccc3)cc2/C=c2\sc3nc(-c4cccs4)nn3c2=O)cc1C.CCOc1ccc(-c2nn(-c3ccccc3)cc2/C=c2\sc3nc(-c4cccs4)nn3c2=O)cc1C.CCOc1ccc(-c2nn(-c3ccccc3)cc2/C=c2\sc3nc(-c4cccs4)nn3c2=O)cc1C. The van der Waals surface area contributed by atoms with Gasteiger partial charge in [-0.1, -0.05) is 107 Å². The number of nitrogens with zero attached hydrogens (tertiary/aromatic N) is 15. The molecule has 0 bridgehead atoms. The van der Waals surface area contributed by atoms with Crippen LogP contribution in [0.4, 0.5) is 0 Å². The molecule has 0 aliphatic heterocycles. The van der Waals surface area contributed by atoms with Crippen molar-refractivity contribution in [3.8, 4) is 100 Å². The number of rotatable bonds is 18. The third-order valence-corrected chi connectivity index (χ3v) is 22.6. The average Bonchev–Trinajstić information content (AvgIpc) is 1.63. The summed E-state index contributed by atoms with van der Waals surface area (Å²) >= 11 is 8.63. The zero-order valence-corrected chi connectivity index (χ0v) is 66.0. The zero-order valence-electron chi connectivity index (χ0n) is 61.1. The van der Waals surface area contributed by atoms with Crippen LogP contribution in [0.2, 0.25) is 0 Å². The first kappa shape index (κ1) is 74.7. The quantitative estimate of drug-likeness (QED) is 0.0837. The minimum atomic E-state index is -0.833. The fourth-order valence-electron chi connectivity index (χ4n) is 12.1. The molecule has 558 valence electrons. The second-order valence-electron chi connectivity index (χ2n) is 25.0. The molecule has 0 fully saturated rings. The molecule has 1 N–H and O–H groups in total. The van der Waals surface area contributed by atoms with Crippen molar-refractivity contribution in [1.29, 1.82) is 0 Å². The number of hydrogen-bond donors (Lipinski definition) is 1. The number of para-hydroxylation sites is 3. The molecule has 0 spiro atoms. The van der Waals surface area contributed by atoms with Crippen molar-refractivity contribution in [3.63, 3.8) is 0 Å². The molecule has 112 heavy (non-hydrogen) atoms. The molecule has 18 aromatic rings. The predicted molar refractivity (Wildman–Crippen MR) is 446 cm³/mol. The van der Waals surface area contributed by atoms with Crippen LogP contribution in [0.5, 0.6) is 17.2 Å². The van der Waals surface area contributed by atoms with Crippen molar-refractivity contribution in [2.75, 3.05) is 19.8 Å². The van der Waals surface area contributed by atoms with Gasteiger partial charge in [-0.2, -0.15) is 43.8 Å². The van der Waals surface area contributed by atoms with Crippen molar-refractivity contribution < 1.29 is 24.1 Å². The molecular formula is C83H67N15O8S6. The minimum Gasteiger partial charge on any atom is -0.494 e. The van der Waals surface area contributed by atoms with E-state index in [4.69, 9.17) is 39.4 Å². The van der Waals surface area contributed by atoms with E-state index in [0.29, 0.717) is 65.8 Å². The first-order valence-corrected chi connectivity index (χ1v) is 40.4. The maximum Gasteiger partial charge on any atom is 0.300 e. The molecule has 6 aromatic carbocycles. The number of carboxylic acids is 1. The molecule has 29 heteroatoms. The number of carbonyl (C=O) groups is 1. The maximum atomic E-state index is 13.2. The van der Waals surface area contributed by atoms with Gasteiger partial charge in [-0.05, 0) is 202 Å². The Kier molecular flexibility index (Phi) is 22.1. The summed E-state index contributed by atoms with van der Waals surface area (Å²) in [5.74, 6) is 3.43. The van der Waals surface area contributed by atoms with Crippen LogP contribution in [0.15, 0.2) is 231 Å². The molecule has 0 amide bonds. The molecule has 12 heterocycles. The van der Waals surface area contributed by atoms with Crippen molar-refractivity contribution in [2.24, 2.45) is 0 Å². The Morgan fingerprint density at radius 2 is 0.670 bits per heavy atom. The van der Waals surface area contributed by atoms with E-state index in [-0.39, 0.29) is 16.7 Å². The molecule has 18 rings (SSSR count). The highest BCUT2D eigenvalue weighted by atomic mass is 32.1. The number of thiazole rings is 3. The highest BCUT2D eigenvalue weighted by Gasteiger charge is 2.21. The van der Waals surface area contributed by atoms with Crippen LogP contribution < -0.4 is 44.5 Å². The number of aliphatic carboxylic acids is 1. The molecule has 23 nitrogen and oxygen atoms in total. The van der Waals surface area contributed by atoms with Crippen LogP contribution in [0.25, 0.3) is 116 Å². The van der Waals surface area contributed by atoms with Gasteiger partial charge in [0.2, 0.25) is 14.9 Å². The van der Waals surface area contributed by atoms with Gasteiger partial charge in [0, 0.05) is 58.9 Å². The number of benzene rings is 6. The van der Waals surface area contributed by atoms with E-state index in [2.05, 4.69) is 48.4 Å². The molecule has 12 aromatic heterocycles. The molecule has 0 saturated heterocycles. The third kappa shape index (κ3) is 16.1. The topological polar surface area (TPSA) is 260 Å². The molecule has 0 atom stereocenters. The average molecular weight is 1590 g/mol. The predicted octanol–water partition coefficient (Wildman–Crippen LogP) is 15.1. The number of aryl methyl sites for hydroxylation is 3.